The summed E-state index contributed by atoms with van der Waals surface area (Å²) < 4.78 is 0. The van der Waals surface area contributed by atoms with Crippen molar-refractivity contribution in [3.05, 3.63) is 24.3 Å². The highest BCUT2D eigenvalue weighted by atomic mass is 15.5. The summed E-state index contributed by atoms with van der Waals surface area (Å²) in [5.41, 5.74) is 2.08. The number of hydrogen-bond acceptors (Lipinski definition) is 4. The zero-order valence-electron chi connectivity index (χ0n) is 12.3. The molecule has 0 fully saturated rings. The van der Waals surface area contributed by atoms with Gasteiger partial charge in [0, 0.05) is 17.3 Å². The maximum atomic E-state index is 4.00. The Bertz CT molecular complexity index is 495. The molecule has 0 saturated carbocycles. The first-order valence-electron chi connectivity index (χ1n) is 7.40. The largest absolute Gasteiger partial charge is 0.383 e. The van der Waals surface area contributed by atoms with Gasteiger partial charge >= 0.3 is 0 Å². The molecule has 2 aromatic rings. The van der Waals surface area contributed by atoms with Crippen LogP contribution in [0, 0.1) is 0 Å². The van der Waals surface area contributed by atoms with Gasteiger partial charge in [-0.1, -0.05) is 44.7 Å². The molecule has 2 rings (SSSR count). The number of tetrazole rings is 1. The van der Waals surface area contributed by atoms with Crippen LogP contribution in [0.15, 0.2) is 24.3 Å². The van der Waals surface area contributed by atoms with Crippen LogP contribution in [-0.4, -0.2) is 26.7 Å². The maximum absolute atomic E-state index is 4.00. The van der Waals surface area contributed by atoms with Gasteiger partial charge < -0.3 is 5.32 Å². The van der Waals surface area contributed by atoms with Gasteiger partial charge in [-0.05, 0) is 30.7 Å². The van der Waals surface area contributed by atoms with E-state index in [-0.39, 0.29) is 0 Å². The maximum Gasteiger partial charge on any atom is 0.204 e. The van der Waals surface area contributed by atoms with Gasteiger partial charge in [-0.3, -0.25) is 0 Å². The van der Waals surface area contributed by atoms with Crippen LogP contribution >= 0.6 is 0 Å². The highest BCUT2D eigenvalue weighted by Gasteiger charge is 2.06. The first kappa shape index (κ1) is 14.5. The molecule has 0 bridgehead atoms. The summed E-state index contributed by atoms with van der Waals surface area (Å²) in [6.07, 6.45) is 6.43. The topological polar surface area (TPSA) is 66.5 Å². The van der Waals surface area contributed by atoms with Crippen molar-refractivity contribution in [2.45, 2.75) is 52.0 Å². The lowest BCUT2D eigenvalue weighted by molar-refractivity contribution is 0.594. The summed E-state index contributed by atoms with van der Waals surface area (Å²) in [5.74, 6) is 0.629. The molecule has 1 aromatic carbocycles. The second-order valence-corrected chi connectivity index (χ2v) is 5.21. The van der Waals surface area contributed by atoms with E-state index in [0.717, 1.165) is 11.3 Å². The lowest BCUT2D eigenvalue weighted by atomic mass is 10.1. The van der Waals surface area contributed by atoms with Crippen LogP contribution in [0.3, 0.4) is 0 Å². The van der Waals surface area contributed by atoms with Crippen LogP contribution in [0.1, 0.15) is 46.0 Å². The van der Waals surface area contributed by atoms with Crippen LogP contribution in [0.2, 0.25) is 0 Å². The first-order chi connectivity index (χ1) is 9.79. The third-order valence-corrected chi connectivity index (χ3v) is 3.37. The minimum absolute atomic E-state index is 0.479. The summed E-state index contributed by atoms with van der Waals surface area (Å²) in [7, 11) is 0. The number of anilines is 1. The predicted octanol–water partition coefficient (Wildman–Crippen LogP) is 3.64. The van der Waals surface area contributed by atoms with E-state index in [2.05, 4.69) is 51.9 Å². The van der Waals surface area contributed by atoms with Crippen molar-refractivity contribution in [3.63, 3.8) is 0 Å². The molecule has 0 spiro atoms. The van der Waals surface area contributed by atoms with E-state index in [0.29, 0.717) is 11.9 Å². The number of aromatic amines is 1. The Morgan fingerprint density at radius 1 is 1.25 bits per heavy atom. The Balaban J connectivity index is 1.88. The second-order valence-electron chi connectivity index (χ2n) is 5.21. The molecule has 5 nitrogen and oxygen atoms in total. The van der Waals surface area contributed by atoms with E-state index in [9.17, 15) is 0 Å². The summed E-state index contributed by atoms with van der Waals surface area (Å²) in [6, 6.07) is 8.62. The Morgan fingerprint density at radius 3 is 2.90 bits per heavy atom. The molecule has 0 aliphatic carbocycles. The molecular weight excluding hydrogens is 250 g/mol. The van der Waals surface area contributed by atoms with E-state index in [1.807, 2.05) is 12.1 Å². The molecule has 0 aliphatic heterocycles. The molecule has 108 valence electrons. The molecule has 20 heavy (non-hydrogen) atoms. The lowest BCUT2D eigenvalue weighted by Crippen LogP contribution is -2.14. The van der Waals surface area contributed by atoms with Crippen molar-refractivity contribution in [1.82, 2.24) is 20.6 Å². The Labute approximate surface area is 120 Å². The van der Waals surface area contributed by atoms with Gasteiger partial charge in [0.05, 0.1) is 0 Å². The Hall–Kier alpha value is -1.91. The van der Waals surface area contributed by atoms with Gasteiger partial charge in [0.1, 0.15) is 0 Å². The summed E-state index contributed by atoms with van der Waals surface area (Å²) in [4.78, 5) is 0. The van der Waals surface area contributed by atoms with Crippen LogP contribution in [0.25, 0.3) is 11.4 Å². The molecular formula is C15H23N5. The molecule has 5 heteroatoms. The summed E-state index contributed by atoms with van der Waals surface area (Å²) in [5, 5.41) is 17.6. The van der Waals surface area contributed by atoms with Crippen LogP contribution in [-0.2, 0) is 0 Å². The van der Waals surface area contributed by atoms with Crippen molar-refractivity contribution in [3.8, 4) is 11.4 Å². The van der Waals surface area contributed by atoms with Crippen LogP contribution in [0.5, 0.6) is 0 Å². The van der Waals surface area contributed by atoms with Gasteiger partial charge in [-0.25, -0.2) is 0 Å². The molecule has 0 aliphatic rings. The average Bonchev–Trinajstić information content (AvgIpc) is 2.98. The number of benzene rings is 1. The fourth-order valence-corrected chi connectivity index (χ4v) is 2.27. The molecule has 0 saturated heterocycles. The zero-order valence-corrected chi connectivity index (χ0v) is 12.3. The van der Waals surface area contributed by atoms with Crippen molar-refractivity contribution in [1.29, 1.82) is 0 Å². The van der Waals surface area contributed by atoms with Crippen molar-refractivity contribution in [2.75, 3.05) is 5.32 Å². The Kier molecular flexibility index (Phi) is 5.53. The summed E-state index contributed by atoms with van der Waals surface area (Å²) >= 11 is 0. The van der Waals surface area contributed by atoms with E-state index >= 15 is 0 Å². The highest BCUT2D eigenvalue weighted by molar-refractivity contribution is 5.61. The van der Waals surface area contributed by atoms with Crippen LogP contribution in [0.4, 0.5) is 5.69 Å². The molecule has 1 aromatic heterocycles. The quantitative estimate of drug-likeness (QED) is 0.721. The van der Waals surface area contributed by atoms with E-state index in [4.69, 9.17) is 0 Å². The third kappa shape index (κ3) is 4.33. The molecule has 0 radical (unpaired) electrons. The van der Waals surface area contributed by atoms with Gasteiger partial charge in [0.25, 0.3) is 0 Å². The zero-order chi connectivity index (χ0) is 14.2. The average molecular weight is 273 g/mol. The standard InChI is InChI=1S/C15H23N5/c1-3-4-5-6-8-12(2)16-14-10-7-9-13(11-14)15-17-19-20-18-15/h7,9-12,16H,3-6,8H2,1-2H3,(H,17,18,19,20). The molecule has 1 unspecified atom stereocenters. The number of H-pyrrole nitrogens is 1. The predicted molar refractivity (Wildman–Crippen MR) is 81.5 cm³/mol. The summed E-state index contributed by atoms with van der Waals surface area (Å²) in [6.45, 7) is 4.47. The SMILES string of the molecule is CCCCCCC(C)Nc1cccc(-c2nn[nH]n2)c1. The minimum atomic E-state index is 0.479. The van der Waals surface area contributed by atoms with Crippen molar-refractivity contribution in [2.24, 2.45) is 0 Å². The number of nitrogens with zero attached hydrogens (tertiary/aromatic N) is 3. The van der Waals surface area contributed by atoms with E-state index in [1.54, 1.807) is 0 Å². The van der Waals surface area contributed by atoms with Crippen molar-refractivity contribution < 1.29 is 0 Å². The number of rotatable bonds is 8. The Morgan fingerprint density at radius 2 is 2.15 bits per heavy atom. The number of nitrogens with one attached hydrogen (secondary N) is 2. The number of hydrogen-bond donors (Lipinski definition) is 2. The number of unbranched alkanes of at least 4 members (excludes halogenated alkanes) is 3. The van der Waals surface area contributed by atoms with Gasteiger partial charge in [0.2, 0.25) is 5.82 Å². The molecule has 0 amide bonds. The monoisotopic (exact) mass is 273 g/mol. The molecule has 2 N–H and O–H groups in total. The van der Waals surface area contributed by atoms with E-state index < -0.39 is 0 Å². The third-order valence-electron chi connectivity index (χ3n) is 3.37. The second kappa shape index (κ2) is 7.62. The van der Waals surface area contributed by atoms with Gasteiger partial charge in [0.15, 0.2) is 0 Å². The smallest absolute Gasteiger partial charge is 0.204 e. The molecule has 1 atom stereocenters. The van der Waals surface area contributed by atoms with E-state index in [1.165, 1.54) is 32.1 Å². The fourth-order valence-electron chi connectivity index (χ4n) is 2.27. The lowest BCUT2D eigenvalue weighted by Gasteiger charge is -2.15. The first-order valence-corrected chi connectivity index (χ1v) is 7.40. The fraction of sp³-hybridized carbons (Fsp3) is 0.533. The number of aromatic nitrogens is 4. The highest BCUT2D eigenvalue weighted by Crippen LogP contribution is 2.19. The minimum Gasteiger partial charge on any atom is -0.383 e. The van der Waals surface area contributed by atoms with Crippen molar-refractivity contribution >= 4 is 5.69 Å². The normalized spacial score (nSPS) is 12.3. The van der Waals surface area contributed by atoms with Crippen LogP contribution < -0.4 is 5.32 Å². The van der Waals surface area contributed by atoms with Gasteiger partial charge in [-0.2, -0.15) is 5.21 Å². The van der Waals surface area contributed by atoms with Gasteiger partial charge in [-0.15, -0.1) is 10.2 Å². The molecule has 1 heterocycles.